The van der Waals surface area contributed by atoms with Crippen LogP contribution in [-0.4, -0.2) is 17.7 Å². The summed E-state index contributed by atoms with van der Waals surface area (Å²) < 4.78 is 0. The third-order valence-electron chi connectivity index (χ3n) is 3.99. The van der Waals surface area contributed by atoms with Crippen molar-refractivity contribution in [1.29, 1.82) is 0 Å². The number of carbonyl (C=O) groups is 1. The molecule has 0 fully saturated rings. The average molecular weight is 326 g/mol. The molecule has 1 aliphatic rings. The predicted octanol–water partition coefficient (Wildman–Crippen LogP) is 4.23. The van der Waals surface area contributed by atoms with Crippen LogP contribution in [-0.2, 0) is 4.79 Å². The van der Waals surface area contributed by atoms with E-state index in [1.165, 1.54) is 10.5 Å². The molecule has 2 aromatic rings. The molecule has 1 heterocycles. The Labute approximate surface area is 141 Å². The summed E-state index contributed by atoms with van der Waals surface area (Å²) in [6.45, 7) is 2.08. The lowest BCUT2D eigenvalue weighted by molar-refractivity contribution is -0.116. The van der Waals surface area contributed by atoms with Crippen molar-refractivity contribution >= 4 is 23.4 Å². The first-order valence-electron chi connectivity index (χ1n) is 8.05. The summed E-state index contributed by atoms with van der Waals surface area (Å²) in [6.07, 6.45) is 1.58. The predicted molar refractivity (Wildman–Crippen MR) is 96.8 cm³/mol. The highest BCUT2D eigenvalue weighted by Gasteiger charge is 2.22. The van der Waals surface area contributed by atoms with E-state index in [0.29, 0.717) is 12.5 Å². The van der Waals surface area contributed by atoms with Crippen molar-refractivity contribution in [2.24, 2.45) is 0 Å². The highest BCUT2D eigenvalue weighted by molar-refractivity contribution is 7.99. The van der Waals surface area contributed by atoms with Crippen molar-refractivity contribution < 1.29 is 4.79 Å². The molecular weight excluding hydrogens is 304 g/mol. The zero-order valence-electron chi connectivity index (χ0n) is 13.3. The van der Waals surface area contributed by atoms with Crippen LogP contribution in [0.25, 0.3) is 0 Å². The largest absolute Gasteiger partial charge is 0.326 e. The first-order chi connectivity index (χ1) is 11.2. The van der Waals surface area contributed by atoms with E-state index < -0.39 is 0 Å². The zero-order chi connectivity index (χ0) is 16.1. The fraction of sp³-hybridized carbons (Fsp3) is 0.316. The summed E-state index contributed by atoms with van der Waals surface area (Å²) in [4.78, 5) is 13.5. The maximum Gasteiger partial charge on any atom is 0.225 e. The number of amides is 1. The molecule has 0 aliphatic carbocycles. The molecule has 3 nitrogen and oxygen atoms in total. The lowest BCUT2D eigenvalue weighted by atomic mass is 10.0. The van der Waals surface area contributed by atoms with Crippen LogP contribution in [0.4, 0.5) is 5.69 Å². The minimum Gasteiger partial charge on any atom is -0.326 e. The van der Waals surface area contributed by atoms with E-state index in [4.69, 9.17) is 0 Å². The second-order valence-electron chi connectivity index (χ2n) is 5.91. The van der Waals surface area contributed by atoms with Gasteiger partial charge in [-0.15, -0.1) is 11.8 Å². The number of fused-ring (bicyclic) bond motifs is 1. The molecule has 0 unspecified atom stereocenters. The Hall–Kier alpha value is -1.78. The Morgan fingerprint density at radius 3 is 2.74 bits per heavy atom. The van der Waals surface area contributed by atoms with Gasteiger partial charge in [-0.3, -0.25) is 4.79 Å². The van der Waals surface area contributed by atoms with Gasteiger partial charge in [-0.25, -0.2) is 0 Å². The third kappa shape index (κ3) is 4.36. The number of rotatable bonds is 5. The number of carbonyl (C=O) groups excluding carboxylic acids is 1. The number of anilines is 1. The summed E-state index contributed by atoms with van der Waals surface area (Å²) >= 11 is 1.92. The van der Waals surface area contributed by atoms with Gasteiger partial charge < -0.3 is 10.6 Å². The van der Waals surface area contributed by atoms with Crippen LogP contribution in [0.15, 0.2) is 59.5 Å². The van der Waals surface area contributed by atoms with E-state index in [2.05, 4.69) is 41.8 Å². The summed E-state index contributed by atoms with van der Waals surface area (Å²) in [5, 5.41) is 6.56. The first kappa shape index (κ1) is 16.1. The monoisotopic (exact) mass is 326 g/mol. The van der Waals surface area contributed by atoms with Crippen molar-refractivity contribution in [2.75, 3.05) is 11.1 Å². The number of hydrogen-bond donors (Lipinski definition) is 2. The van der Waals surface area contributed by atoms with Crippen molar-refractivity contribution in [3.8, 4) is 0 Å². The van der Waals surface area contributed by atoms with Gasteiger partial charge in [0.1, 0.15) is 0 Å². The number of para-hydroxylation sites is 1. The van der Waals surface area contributed by atoms with Crippen molar-refractivity contribution in [1.82, 2.24) is 5.32 Å². The first-order valence-corrected chi connectivity index (χ1v) is 9.03. The molecule has 1 aliphatic heterocycles. The molecule has 2 N–H and O–H groups in total. The van der Waals surface area contributed by atoms with E-state index in [1.54, 1.807) is 0 Å². The van der Waals surface area contributed by atoms with Crippen LogP contribution in [0, 0.1) is 0 Å². The van der Waals surface area contributed by atoms with Crippen molar-refractivity contribution in [2.45, 2.75) is 36.7 Å². The number of hydrogen-bond acceptors (Lipinski definition) is 3. The van der Waals surface area contributed by atoms with Crippen LogP contribution in [0.5, 0.6) is 0 Å². The average Bonchev–Trinajstić information content (AvgIpc) is 2.56. The molecule has 0 spiro atoms. The Morgan fingerprint density at radius 2 is 1.91 bits per heavy atom. The van der Waals surface area contributed by atoms with Gasteiger partial charge >= 0.3 is 0 Å². The number of thioether (sulfide) groups is 1. The summed E-state index contributed by atoms with van der Waals surface area (Å²) in [5.41, 5.74) is 2.21. The van der Waals surface area contributed by atoms with E-state index in [1.807, 2.05) is 42.1 Å². The molecular formula is C19H22N2OS. The summed E-state index contributed by atoms with van der Waals surface area (Å²) in [6, 6.07) is 18.6. The fourth-order valence-corrected chi connectivity index (χ4v) is 4.05. The smallest absolute Gasteiger partial charge is 0.225 e. The molecule has 0 aromatic heterocycles. The minimum atomic E-state index is 0.0506. The van der Waals surface area contributed by atoms with E-state index in [0.717, 1.165) is 17.9 Å². The lowest BCUT2D eigenvalue weighted by Crippen LogP contribution is -2.35. The standard InChI is InChI=1S/C19H22N2OS/c1-14(13-19(22)21-15-7-3-2-4-8-15)20-17-11-12-23-18-10-6-5-9-16(17)18/h2-10,14,17,20H,11-13H2,1H3,(H,21,22)/t14-,17+/m0/s1. The van der Waals surface area contributed by atoms with Gasteiger partial charge in [-0.1, -0.05) is 36.4 Å². The molecule has 0 bridgehead atoms. The minimum absolute atomic E-state index is 0.0506. The Kier molecular flexibility index (Phi) is 5.36. The highest BCUT2D eigenvalue weighted by Crippen LogP contribution is 2.36. The van der Waals surface area contributed by atoms with E-state index in [-0.39, 0.29) is 11.9 Å². The molecule has 3 rings (SSSR count). The second kappa shape index (κ2) is 7.66. The summed E-state index contributed by atoms with van der Waals surface area (Å²) in [7, 11) is 0. The van der Waals surface area contributed by atoms with Gasteiger partial charge in [0.25, 0.3) is 0 Å². The van der Waals surface area contributed by atoms with E-state index in [9.17, 15) is 4.79 Å². The molecule has 1 amide bonds. The molecule has 4 heteroatoms. The fourth-order valence-electron chi connectivity index (χ4n) is 2.93. The third-order valence-corrected chi connectivity index (χ3v) is 5.12. The molecule has 2 atom stereocenters. The van der Waals surface area contributed by atoms with Crippen molar-refractivity contribution in [3.05, 3.63) is 60.2 Å². The van der Waals surface area contributed by atoms with E-state index >= 15 is 0 Å². The van der Waals surface area contributed by atoms with Crippen LogP contribution in [0.2, 0.25) is 0 Å². The number of benzene rings is 2. The highest BCUT2D eigenvalue weighted by atomic mass is 32.2. The normalized spacial score (nSPS) is 18.0. The maximum atomic E-state index is 12.2. The molecule has 120 valence electrons. The van der Waals surface area contributed by atoms with Gasteiger partial charge in [-0.2, -0.15) is 0 Å². The SMILES string of the molecule is C[C@@H](CC(=O)Nc1ccccc1)N[C@@H]1CCSc2ccccc21. The van der Waals surface area contributed by atoms with Gasteiger partial charge in [0, 0.05) is 29.1 Å². The van der Waals surface area contributed by atoms with Crippen LogP contribution >= 0.6 is 11.8 Å². The molecule has 0 saturated carbocycles. The van der Waals surface area contributed by atoms with Crippen LogP contribution in [0.1, 0.15) is 31.4 Å². The van der Waals surface area contributed by atoms with Gasteiger partial charge in [0.15, 0.2) is 0 Å². The Bertz CT molecular complexity index is 659. The molecule has 0 saturated heterocycles. The molecule has 23 heavy (non-hydrogen) atoms. The quantitative estimate of drug-likeness (QED) is 0.864. The van der Waals surface area contributed by atoms with Crippen LogP contribution in [0.3, 0.4) is 0 Å². The zero-order valence-corrected chi connectivity index (χ0v) is 14.1. The Balaban J connectivity index is 1.56. The summed E-state index contributed by atoms with van der Waals surface area (Å²) in [5.74, 6) is 1.17. The van der Waals surface area contributed by atoms with Gasteiger partial charge in [0.2, 0.25) is 5.91 Å². The van der Waals surface area contributed by atoms with Gasteiger partial charge in [-0.05, 0) is 42.9 Å². The molecule has 0 radical (unpaired) electrons. The lowest BCUT2D eigenvalue weighted by Gasteiger charge is -2.28. The number of nitrogens with one attached hydrogen (secondary N) is 2. The second-order valence-corrected chi connectivity index (χ2v) is 7.05. The van der Waals surface area contributed by atoms with Gasteiger partial charge in [0.05, 0.1) is 0 Å². The van der Waals surface area contributed by atoms with Crippen LogP contribution < -0.4 is 10.6 Å². The molecule has 2 aromatic carbocycles. The topological polar surface area (TPSA) is 41.1 Å². The Morgan fingerprint density at radius 1 is 1.17 bits per heavy atom. The maximum absolute atomic E-state index is 12.2. The van der Waals surface area contributed by atoms with Crippen molar-refractivity contribution in [3.63, 3.8) is 0 Å².